The van der Waals surface area contributed by atoms with Gasteiger partial charge in [-0.1, -0.05) is 0 Å². The minimum atomic E-state index is -2.08. The van der Waals surface area contributed by atoms with Crippen LogP contribution in [0.5, 0.6) is 0 Å². The Balaban J connectivity index is -0.0000000298. The fourth-order valence-corrected chi connectivity index (χ4v) is 0.0167. The minimum Gasteiger partial charge on any atom is -0.565 e. The topological polar surface area (TPSA) is 317 Å². The van der Waals surface area contributed by atoms with Crippen LogP contribution in [0.4, 0.5) is 24.0 Å². The minimum absolute atomic E-state index is 0. The molecule has 0 aliphatic heterocycles. The number of hydrogen-bond donors (Lipinski definition) is 6. The van der Waals surface area contributed by atoms with Crippen LogP contribution >= 0.6 is 0 Å². The van der Waals surface area contributed by atoms with Gasteiger partial charge in [-0.25, -0.2) is 0 Å². The Labute approximate surface area is 162 Å². The molecular weight excluding hydrogens is 382 g/mol. The van der Waals surface area contributed by atoms with Crippen molar-refractivity contribution in [3.8, 4) is 0 Å². The molecule has 0 aromatic rings. The summed E-state index contributed by atoms with van der Waals surface area (Å²) in [6.45, 7) is 0. The molecule has 132 valence electrons. The van der Waals surface area contributed by atoms with Gasteiger partial charge in [0.15, 0.2) is 0 Å². The Morgan fingerprint density at radius 1 is 0.583 bits per heavy atom. The molecule has 0 aromatic heterocycles. The summed E-state index contributed by atoms with van der Waals surface area (Å²) >= 11 is 0. The maximum atomic E-state index is 9.24. The second-order valence-electron chi connectivity index (χ2n) is 1.50. The molecule has 19 heteroatoms. The van der Waals surface area contributed by atoms with Crippen LogP contribution < -0.4 is 50.0 Å². The van der Waals surface area contributed by atoms with Gasteiger partial charge in [0.2, 0.25) is 24.6 Å². The van der Waals surface area contributed by atoms with Gasteiger partial charge in [-0.15, -0.1) is 0 Å². The third kappa shape index (κ3) is 2150. The van der Waals surface area contributed by atoms with E-state index in [4.69, 9.17) is 70.5 Å². The van der Waals surface area contributed by atoms with E-state index < -0.39 is 30.8 Å². The molecule has 0 rings (SSSR count). The van der Waals surface area contributed by atoms with Crippen LogP contribution in [0.25, 0.3) is 0 Å². The van der Waals surface area contributed by atoms with Gasteiger partial charge in [-0.05, 0) is 0 Å². The molecule has 0 amide bonds. The molecule has 0 atom stereocenters. The molecule has 24 heavy (non-hydrogen) atoms. The summed E-state index contributed by atoms with van der Waals surface area (Å²) < 4.78 is 0. The number of carbonyl (C=O) groups is 5. The number of carbonyl (C=O) groups excluding carboxylic acids is 1. The molecule has 0 unspecified atom stereocenters. The van der Waals surface area contributed by atoms with Gasteiger partial charge >= 0.3 is 53.1 Å². The molecule has 6 N–H and O–H groups in total. The van der Waals surface area contributed by atoms with Crippen molar-refractivity contribution < 1.29 is 115 Å². The third-order valence-corrected chi connectivity index (χ3v) is 0.149. The predicted octanol–water partition coefficient (Wildman–Crippen LogP) is -7.74. The average Bonchev–Trinajstić information content (AvgIpc) is 2.24. The van der Waals surface area contributed by atoms with Crippen molar-refractivity contribution in [1.82, 2.24) is 0 Å². The average molecular weight is 388 g/mol. The van der Waals surface area contributed by atoms with Crippen molar-refractivity contribution in [3.63, 3.8) is 0 Å². The maximum absolute atomic E-state index is 9.24. The van der Waals surface area contributed by atoms with E-state index in [1.165, 1.54) is 0 Å². The molecule has 0 aromatic carbocycles. The van der Waals surface area contributed by atoms with Crippen molar-refractivity contribution in [2.45, 2.75) is 0 Å². The van der Waals surface area contributed by atoms with Gasteiger partial charge in [-0.2, -0.15) is 15.3 Å². The fraction of sp³-hybridized carbons (Fsp3) is 0. The second-order valence-corrected chi connectivity index (χ2v) is 1.50. The molecule has 0 aliphatic carbocycles. The summed E-state index contributed by atoms with van der Waals surface area (Å²) in [6, 6.07) is 0. The van der Waals surface area contributed by atoms with E-state index in [1.54, 1.807) is 0 Å². The van der Waals surface area contributed by atoms with Crippen molar-refractivity contribution in [3.05, 3.63) is 0 Å². The molecule has 0 radical (unpaired) electrons. The molecule has 0 bridgehead atoms. The summed E-state index contributed by atoms with van der Waals surface area (Å²) in [5.41, 5.74) is 0. The molecule has 0 spiro atoms. The van der Waals surface area contributed by atoms with Crippen LogP contribution in [-0.4, -0.2) is 79.1 Å². The van der Waals surface area contributed by atoms with Crippen LogP contribution in [0.1, 0.15) is 0 Å². The summed E-state index contributed by atoms with van der Waals surface area (Å²) in [4.78, 5) is 48.6. The van der Waals surface area contributed by atoms with E-state index in [-0.39, 0.29) is 46.9 Å². The smallest absolute Gasteiger partial charge is 0.565 e. The number of carboxylic acid groups (broad SMARTS) is 8. The normalized spacial score (nSPS) is 5.75. The molecule has 17 nitrogen and oxygen atoms in total. The largest absolute Gasteiger partial charge is 3.00 e. The van der Waals surface area contributed by atoms with Crippen LogP contribution in [0.3, 0.4) is 0 Å². The fourth-order valence-electron chi connectivity index (χ4n) is 0.0167. The number of rotatable bonds is 0. The van der Waals surface area contributed by atoms with Gasteiger partial charge < -0.3 is 60.0 Å². The van der Waals surface area contributed by atoms with Crippen molar-refractivity contribution >= 4 is 48.1 Å². The first-order chi connectivity index (χ1) is 9.74. The Morgan fingerprint density at radius 3 is 0.667 bits per heavy atom. The Morgan fingerprint density at radius 2 is 0.667 bits per heavy atom. The molecule has 0 aliphatic rings. The van der Waals surface area contributed by atoms with E-state index >= 15 is 0 Å². The van der Waals surface area contributed by atoms with E-state index in [9.17, 15) is 4.79 Å². The molecular formula is C5H6AlNaO17. The van der Waals surface area contributed by atoms with Crippen LogP contribution in [-0.2, 0) is 9.78 Å². The number of hydrogen-bond acceptors (Lipinski definition) is 13. The van der Waals surface area contributed by atoms with E-state index in [0.717, 1.165) is 0 Å². The van der Waals surface area contributed by atoms with E-state index in [1.807, 2.05) is 0 Å². The second kappa shape index (κ2) is 37.2. The quantitative estimate of drug-likeness (QED) is 0.127. The summed E-state index contributed by atoms with van der Waals surface area (Å²) in [7, 11) is 0. The van der Waals surface area contributed by atoms with Gasteiger partial charge in [-0.3, -0.25) is 9.78 Å². The van der Waals surface area contributed by atoms with E-state index in [0.29, 0.717) is 0 Å². The van der Waals surface area contributed by atoms with Gasteiger partial charge in [0.05, 0.1) is 0 Å². The predicted molar refractivity (Wildman–Crippen MR) is 50.7 cm³/mol. The monoisotopic (exact) mass is 388 g/mol. The Kier molecular flexibility index (Phi) is 66.8. The van der Waals surface area contributed by atoms with E-state index in [2.05, 4.69) is 9.78 Å². The molecule has 0 saturated carbocycles. The first-order valence-corrected chi connectivity index (χ1v) is 3.50. The maximum Gasteiger partial charge on any atom is 3.00 e. The summed E-state index contributed by atoms with van der Waals surface area (Å²) in [5, 5.41) is 75.6. The zero-order chi connectivity index (χ0) is 19.3. The van der Waals surface area contributed by atoms with Crippen LogP contribution in [0.15, 0.2) is 0 Å². The molecule has 0 fully saturated rings. The zero-order valence-electron chi connectivity index (χ0n) is 11.3. The van der Waals surface area contributed by atoms with Gasteiger partial charge in [0.25, 0.3) is 0 Å². The zero-order valence-corrected chi connectivity index (χ0v) is 14.4. The Hall–Kier alpha value is -2.20. The van der Waals surface area contributed by atoms with Crippen LogP contribution in [0, 0.1) is 0 Å². The first-order valence-electron chi connectivity index (χ1n) is 3.50. The standard InChI is InChI=1S/CH2O5.4CH2O3.Al.Na/c2-1(5-3)6-4;4*2-1(3)4;;/h3-4H;4*(H2,2,3,4);;/q;;;;;+3;+1/p-4. The third-order valence-electron chi connectivity index (χ3n) is 0.149. The summed E-state index contributed by atoms with van der Waals surface area (Å²) in [6.07, 6.45) is -9.88. The molecule has 0 heterocycles. The SMILES string of the molecule is O=C(OO)OO.O=C([O-])O.O=C([O-])O.O=C([O-])O.O=C([O-])O.[Al+3].[Na+]. The van der Waals surface area contributed by atoms with Crippen molar-refractivity contribution in [2.75, 3.05) is 0 Å². The Bertz CT molecular complexity index is 259. The van der Waals surface area contributed by atoms with Gasteiger partial charge in [0.1, 0.15) is 0 Å². The summed E-state index contributed by atoms with van der Waals surface area (Å²) in [5.74, 6) is 0. The van der Waals surface area contributed by atoms with Crippen molar-refractivity contribution in [2.24, 2.45) is 0 Å². The van der Waals surface area contributed by atoms with Gasteiger partial charge in [0, 0.05) is 0 Å². The van der Waals surface area contributed by atoms with Crippen molar-refractivity contribution in [1.29, 1.82) is 0 Å². The van der Waals surface area contributed by atoms with Crippen LogP contribution in [0.2, 0.25) is 0 Å². The molecule has 0 saturated heterocycles. The first kappa shape index (κ1) is 43.1.